The Labute approximate surface area is 656 Å². The van der Waals surface area contributed by atoms with E-state index < -0.39 is 12.2 Å². The van der Waals surface area contributed by atoms with Crippen LogP contribution in [0.4, 0.5) is 9.59 Å². The Bertz CT molecular complexity index is 2170. The third kappa shape index (κ3) is 84.1. The fourth-order valence-corrected chi connectivity index (χ4v) is 11.2. The molecular formula is C91H163N4O12+. The van der Waals surface area contributed by atoms with E-state index in [2.05, 4.69) is 125 Å². The summed E-state index contributed by atoms with van der Waals surface area (Å²) in [6.07, 6.45) is 86.7. The van der Waals surface area contributed by atoms with Crippen LogP contribution in [0.3, 0.4) is 0 Å². The van der Waals surface area contributed by atoms with Crippen LogP contribution in [0, 0.1) is 0 Å². The number of carbonyl (C=O) groups is 6. The number of hydrogen-bond acceptors (Lipinski definition) is 13. The van der Waals surface area contributed by atoms with Gasteiger partial charge >= 0.3 is 36.1 Å². The van der Waals surface area contributed by atoms with Crippen LogP contribution in [-0.2, 0) is 47.6 Å². The second-order valence-corrected chi connectivity index (χ2v) is 29.8. The number of hydrogen-bond donors (Lipinski definition) is 0. The second-order valence-electron chi connectivity index (χ2n) is 29.8. The second kappa shape index (κ2) is 82.7. The van der Waals surface area contributed by atoms with Gasteiger partial charge in [0, 0.05) is 32.2 Å². The van der Waals surface area contributed by atoms with Crippen molar-refractivity contribution in [1.29, 1.82) is 0 Å². The molecule has 0 saturated carbocycles. The van der Waals surface area contributed by atoms with Gasteiger partial charge < -0.3 is 47.6 Å². The minimum atomic E-state index is -0.499. The zero-order valence-electron chi connectivity index (χ0n) is 70.4. The van der Waals surface area contributed by atoms with Gasteiger partial charge in [-0.05, 0) is 168 Å². The molecule has 0 fully saturated rings. The number of amides is 2. The largest absolute Gasteiger partial charge is 0.464 e. The van der Waals surface area contributed by atoms with Gasteiger partial charge in [0.2, 0.25) is 0 Å². The van der Waals surface area contributed by atoms with E-state index in [0.717, 1.165) is 154 Å². The summed E-state index contributed by atoms with van der Waals surface area (Å²) in [4.78, 5) is 79.7. The molecule has 0 aromatic carbocycles. The average molecular weight is 1510 g/mol. The first-order valence-electron chi connectivity index (χ1n) is 43.2. The number of unbranched alkanes of at least 4 members (excludes halogenated alkanes) is 32. The van der Waals surface area contributed by atoms with Crippen LogP contribution in [0.5, 0.6) is 0 Å². The van der Waals surface area contributed by atoms with Crippen LogP contribution in [0.1, 0.15) is 336 Å². The summed E-state index contributed by atoms with van der Waals surface area (Å²) in [5.74, 6) is -0.994. The van der Waals surface area contributed by atoms with Crippen molar-refractivity contribution in [2.75, 3.05) is 114 Å². The summed E-state index contributed by atoms with van der Waals surface area (Å²) in [6.45, 7) is 11.9. The zero-order valence-corrected chi connectivity index (χ0v) is 70.4. The van der Waals surface area contributed by atoms with Gasteiger partial charge in [0.05, 0.1) is 47.3 Å². The third-order valence-electron chi connectivity index (χ3n) is 18.1. The molecule has 0 heterocycles. The van der Waals surface area contributed by atoms with Crippen LogP contribution < -0.4 is 0 Å². The van der Waals surface area contributed by atoms with Crippen molar-refractivity contribution in [1.82, 2.24) is 14.7 Å². The minimum Gasteiger partial charge on any atom is -0.464 e. The SMILES string of the molecule is CCCCC/C=C\C/C=C\CCCCCCCC(=O)OCCN(CCOC(=O)CCCCCCC/C=C\C/C=C\CCCCC)C(=O)OCCN(C)C.CCCCC/C=C\C/C=C\CCCCCCCC(=O)OCCN(CCOC(=O)CCCCCCC/C=C\C/C=C\CCCCC)C(=O)OCC[N+](C)(C)C. The third-order valence-corrected chi connectivity index (χ3v) is 18.1. The molecule has 0 aliphatic rings. The topological polar surface area (TPSA) is 168 Å². The van der Waals surface area contributed by atoms with Crippen molar-refractivity contribution in [3.63, 3.8) is 0 Å². The normalized spacial score (nSPS) is 12.0. The molecule has 16 nitrogen and oxygen atoms in total. The summed E-state index contributed by atoms with van der Waals surface area (Å²) in [5.41, 5.74) is 0. The Morgan fingerprint density at radius 3 is 0.682 bits per heavy atom. The molecule has 107 heavy (non-hydrogen) atoms. The first kappa shape index (κ1) is 103. The molecule has 2 amide bonds. The lowest BCUT2D eigenvalue weighted by atomic mass is 10.1. The van der Waals surface area contributed by atoms with E-state index in [9.17, 15) is 28.8 Å². The average Bonchev–Trinajstić information content (AvgIpc) is 0.937. The van der Waals surface area contributed by atoms with Gasteiger partial charge in [-0.1, -0.05) is 253 Å². The standard InChI is InChI=1S/C46H83N2O6.C45H80N2O6/c1-6-8-10-12-14-16-18-20-22-24-26-28-30-32-34-36-44(49)52-41-38-47(46(51)54-43-40-48(3,4)5)39-42-53-45(50)37-35-33-31-29-27-25-23-21-19-17-15-13-11-9-7-2;1-5-7-9-11-13-15-17-19-21-23-25-27-29-31-33-35-43(48)51-41-38-47(45(50)53-40-37-46(3)4)39-42-52-44(49)36-34-32-30-28-26-24-22-20-18-16-14-12-10-8-6-2/h14-17,20-23H,6-13,18-19,24-43H2,1-5H3;13-16,19-22H,5-12,17-18,23-42H2,1-4H3/q+1;/b16-14-,17-15-,22-20-,23-21-;15-13-,16-14-,21-19-,22-20-. The van der Waals surface area contributed by atoms with E-state index in [4.69, 9.17) is 28.4 Å². The van der Waals surface area contributed by atoms with E-state index in [1.54, 1.807) is 0 Å². The van der Waals surface area contributed by atoms with Crippen molar-refractivity contribution >= 4 is 36.1 Å². The van der Waals surface area contributed by atoms with Gasteiger partial charge in [-0.2, -0.15) is 0 Å². The van der Waals surface area contributed by atoms with E-state index in [-0.39, 0.29) is 89.7 Å². The summed E-state index contributed by atoms with van der Waals surface area (Å²) < 4.78 is 33.3. The van der Waals surface area contributed by atoms with E-state index in [1.165, 1.54) is 138 Å². The van der Waals surface area contributed by atoms with E-state index >= 15 is 0 Å². The predicted octanol–water partition coefficient (Wildman–Crippen LogP) is 23.5. The fraction of sp³-hybridized carbons (Fsp3) is 0.758. The van der Waals surface area contributed by atoms with Gasteiger partial charge in [0.25, 0.3) is 0 Å². The van der Waals surface area contributed by atoms with Crippen molar-refractivity contribution in [2.24, 2.45) is 0 Å². The lowest BCUT2D eigenvalue weighted by Gasteiger charge is -2.25. The van der Waals surface area contributed by atoms with Crippen molar-refractivity contribution < 1.29 is 61.7 Å². The Balaban J connectivity index is 0. The van der Waals surface area contributed by atoms with Gasteiger partial charge in [0.1, 0.15) is 46.2 Å². The number of quaternary nitrogens is 1. The monoisotopic (exact) mass is 1500 g/mol. The van der Waals surface area contributed by atoms with Crippen molar-refractivity contribution in [2.45, 2.75) is 336 Å². The molecule has 0 bridgehead atoms. The highest BCUT2D eigenvalue weighted by molar-refractivity contribution is 5.71. The van der Waals surface area contributed by atoms with Gasteiger partial charge in [-0.15, -0.1) is 0 Å². The Kier molecular flexibility index (Phi) is 79.9. The Morgan fingerprint density at radius 2 is 0.458 bits per heavy atom. The first-order chi connectivity index (χ1) is 52.1. The molecule has 0 aromatic rings. The van der Waals surface area contributed by atoms with Gasteiger partial charge in [-0.25, -0.2) is 9.59 Å². The van der Waals surface area contributed by atoms with Crippen molar-refractivity contribution in [3.8, 4) is 0 Å². The van der Waals surface area contributed by atoms with Crippen LogP contribution in [0.25, 0.3) is 0 Å². The highest BCUT2D eigenvalue weighted by Gasteiger charge is 2.20. The molecule has 0 radical (unpaired) electrons. The van der Waals surface area contributed by atoms with Gasteiger partial charge in [0.15, 0.2) is 0 Å². The summed E-state index contributed by atoms with van der Waals surface area (Å²) in [7, 11) is 9.92. The molecule has 16 heteroatoms. The van der Waals surface area contributed by atoms with Crippen LogP contribution >= 0.6 is 0 Å². The number of ether oxygens (including phenoxy) is 6. The maximum Gasteiger partial charge on any atom is 0.410 e. The maximum absolute atomic E-state index is 12.8. The molecule has 0 saturated heterocycles. The molecule has 0 aliphatic heterocycles. The maximum atomic E-state index is 12.8. The number of rotatable bonds is 74. The number of esters is 4. The molecule has 618 valence electrons. The predicted molar refractivity (Wildman–Crippen MR) is 449 cm³/mol. The molecule has 0 rings (SSSR count). The number of allylic oxidation sites excluding steroid dienone is 16. The Morgan fingerprint density at radius 1 is 0.252 bits per heavy atom. The highest BCUT2D eigenvalue weighted by Crippen LogP contribution is 2.15. The fourth-order valence-electron chi connectivity index (χ4n) is 11.2. The lowest BCUT2D eigenvalue weighted by molar-refractivity contribution is -0.870. The van der Waals surface area contributed by atoms with E-state index in [0.29, 0.717) is 43.3 Å². The Hall–Kier alpha value is -5.74. The molecule has 0 N–H and O–H groups in total. The molecule has 0 spiro atoms. The van der Waals surface area contributed by atoms with Crippen LogP contribution in [0.2, 0.25) is 0 Å². The van der Waals surface area contributed by atoms with Crippen molar-refractivity contribution in [3.05, 3.63) is 97.2 Å². The molecule has 0 atom stereocenters. The van der Waals surface area contributed by atoms with Crippen LogP contribution in [-0.4, -0.2) is 169 Å². The highest BCUT2D eigenvalue weighted by atomic mass is 16.6. The van der Waals surface area contributed by atoms with Crippen LogP contribution in [0.15, 0.2) is 97.2 Å². The molecule has 0 unspecified atom stereocenters. The first-order valence-corrected chi connectivity index (χ1v) is 43.2. The number of nitrogens with zero attached hydrogens (tertiary/aromatic N) is 4. The summed E-state index contributed by atoms with van der Waals surface area (Å²) >= 11 is 0. The summed E-state index contributed by atoms with van der Waals surface area (Å²) in [6, 6.07) is 0. The number of carbonyl (C=O) groups excluding carboxylic acids is 6. The quantitative estimate of drug-likeness (QED) is 0.0186. The molecular weight excluding hydrogens is 1340 g/mol. The van der Waals surface area contributed by atoms with E-state index in [1.807, 2.05) is 40.1 Å². The molecule has 0 aromatic heterocycles. The number of likely N-dealkylation sites (N-methyl/N-ethyl adjacent to an activating group) is 2. The summed E-state index contributed by atoms with van der Waals surface area (Å²) in [5, 5.41) is 0. The zero-order chi connectivity index (χ0) is 78.7. The van der Waals surface area contributed by atoms with Gasteiger partial charge in [-0.3, -0.25) is 19.2 Å². The lowest BCUT2D eigenvalue weighted by Crippen LogP contribution is -2.41. The smallest absolute Gasteiger partial charge is 0.410 e. The minimum absolute atomic E-state index is 0.0851. The molecule has 0 aliphatic carbocycles.